The highest BCUT2D eigenvalue weighted by atomic mass is 32.2. The molecule has 0 fully saturated rings. The van der Waals surface area contributed by atoms with Crippen LogP contribution in [0.4, 0.5) is 0 Å². The molecule has 3 N–H and O–H groups in total. The molecule has 1 atom stereocenters. The highest BCUT2D eigenvalue weighted by Gasteiger charge is 2.27. The Morgan fingerprint density at radius 2 is 0.857 bits per heavy atom. The van der Waals surface area contributed by atoms with Crippen molar-refractivity contribution in [2.24, 2.45) is 10.1 Å². The van der Waals surface area contributed by atoms with Crippen molar-refractivity contribution in [1.82, 2.24) is 20.4 Å². The van der Waals surface area contributed by atoms with Gasteiger partial charge in [-0.3, -0.25) is 21.2 Å². The Bertz CT molecular complexity index is 4880. The Morgan fingerprint density at radius 3 is 1.37 bits per heavy atom. The Morgan fingerprint density at radius 1 is 0.440 bits per heavy atom. The van der Waals surface area contributed by atoms with Crippen molar-refractivity contribution in [1.29, 1.82) is 10.8 Å². The van der Waals surface area contributed by atoms with E-state index in [1.165, 1.54) is 38.7 Å². The number of hydrazone groups is 1. The number of nitrogens with zero attached hydrogens (tertiary/aromatic N) is 5. The van der Waals surface area contributed by atoms with E-state index in [9.17, 15) is 10.8 Å². The summed E-state index contributed by atoms with van der Waals surface area (Å²) in [6.07, 6.45) is 0. The van der Waals surface area contributed by atoms with Crippen LogP contribution >= 0.6 is 35.3 Å². The zero-order valence-electron chi connectivity index (χ0n) is 46.3. The molecule has 0 radical (unpaired) electrons. The minimum atomic E-state index is -0.338. The fourth-order valence-electron chi connectivity index (χ4n) is 11.2. The van der Waals surface area contributed by atoms with E-state index >= 15 is 0 Å². The summed E-state index contributed by atoms with van der Waals surface area (Å²) in [7, 11) is 1.78. The Balaban J connectivity index is 0.00000326. The van der Waals surface area contributed by atoms with Crippen molar-refractivity contribution in [2.75, 3.05) is 7.05 Å². The van der Waals surface area contributed by atoms with Gasteiger partial charge in [0.15, 0.2) is 0 Å². The fourth-order valence-corrected chi connectivity index (χ4v) is 13.5. The van der Waals surface area contributed by atoms with E-state index in [1.807, 2.05) is 74.5 Å². The van der Waals surface area contributed by atoms with Crippen molar-refractivity contribution in [3.05, 3.63) is 277 Å². The van der Waals surface area contributed by atoms with Gasteiger partial charge in [0, 0.05) is 39.8 Å². The van der Waals surface area contributed by atoms with Crippen LogP contribution in [0.15, 0.2) is 253 Å². The third-order valence-electron chi connectivity index (χ3n) is 15.0. The number of aromatic nitrogens is 3. The maximum Gasteiger partial charge on any atom is 0.144 e. The molecule has 0 aliphatic carbocycles. The number of nitrogens with one attached hydrogen (secondary N) is 3. The molecule has 0 saturated carbocycles. The van der Waals surface area contributed by atoms with Crippen molar-refractivity contribution in [3.63, 3.8) is 0 Å². The molecular formula is C73H54N8S3. The van der Waals surface area contributed by atoms with Gasteiger partial charge in [-0.1, -0.05) is 208 Å². The monoisotopic (exact) mass is 1140 g/mol. The summed E-state index contributed by atoms with van der Waals surface area (Å²) in [5.41, 5.74) is 13.2. The van der Waals surface area contributed by atoms with Crippen molar-refractivity contribution >= 4 is 125 Å². The molecule has 1 aliphatic heterocycles. The first-order valence-corrected chi connectivity index (χ1v) is 30.3. The Hall–Kier alpha value is -9.52. The van der Waals surface area contributed by atoms with E-state index in [0.717, 1.165) is 116 Å². The van der Waals surface area contributed by atoms with Crippen LogP contribution in [0.3, 0.4) is 0 Å². The molecule has 1 unspecified atom stereocenters. The lowest BCUT2D eigenvalue weighted by molar-refractivity contribution is 0.743. The van der Waals surface area contributed by atoms with Crippen LogP contribution in [-0.2, 0) is 0 Å². The molecule has 11 heteroatoms. The molecule has 84 heavy (non-hydrogen) atoms. The van der Waals surface area contributed by atoms with Gasteiger partial charge >= 0.3 is 0 Å². The second-order valence-corrected chi connectivity index (χ2v) is 23.2. The zero-order chi connectivity index (χ0) is 57.3. The summed E-state index contributed by atoms with van der Waals surface area (Å²) in [5, 5.41) is 39.4. The van der Waals surface area contributed by atoms with Gasteiger partial charge in [0.05, 0.1) is 34.2 Å². The third kappa shape index (κ3) is 10.3. The third-order valence-corrected chi connectivity index (χ3v) is 18.1. The zero-order valence-corrected chi connectivity index (χ0v) is 48.7. The van der Waals surface area contributed by atoms with Gasteiger partial charge in [-0.2, -0.15) is 5.10 Å². The van der Waals surface area contributed by atoms with E-state index < -0.39 is 0 Å². The Labute approximate surface area is 500 Å². The largest absolute Gasteiger partial charge is 0.293 e. The summed E-state index contributed by atoms with van der Waals surface area (Å²) in [5.74, 6) is 0. The highest BCUT2D eigenvalue weighted by Crippen LogP contribution is 2.41. The van der Waals surface area contributed by atoms with Crippen LogP contribution < -0.4 is 5.43 Å². The van der Waals surface area contributed by atoms with E-state index in [2.05, 4.69) is 188 Å². The molecule has 0 saturated heterocycles. The van der Waals surface area contributed by atoms with Crippen molar-refractivity contribution in [2.45, 2.75) is 19.2 Å². The van der Waals surface area contributed by atoms with E-state index in [0.29, 0.717) is 16.3 Å². The van der Waals surface area contributed by atoms with Crippen LogP contribution in [0.2, 0.25) is 0 Å². The maximum atomic E-state index is 9.72. The number of aliphatic imine (C=N–C) groups is 1. The summed E-state index contributed by atoms with van der Waals surface area (Å²) < 4.78 is 0. The minimum absolute atomic E-state index is 0.158. The van der Waals surface area contributed by atoms with E-state index in [4.69, 9.17) is 25.0 Å². The molecule has 0 bridgehead atoms. The predicted octanol–water partition coefficient (Wildman–Crippen LogP) is 19.4. The first kappa shape index (κ1) is 53.8. The number of hydrogen-bond acceptors (Lipinski definition) is 11. The van der Waals surface area contributed by atoms with Crippen LogP contribution in [0.5, 0.6) is 0 Å². The Kier molecular flexibility index (Phi) is 15.0. The summed E-state index contributed by atoms with van der Waals surface area (Å²) >= 11 is 4.08. The molecule has 0 spiro atoms. The first-order chi connectivity index (χ1) is 41.3. The van der Waals surface area contributed by atoms with Gasteiger partial charge in [0.2, 0.25) is 0 Å². The number of fused-ring (bicyclic) bond motifs is 9. The van der Waals surface area contributed by atoms with Crippen LogP contribution in [0, 0.1) is 10.8 Å². The second-order valence-electron chi connectivity index (χ2n) is 20.0. The summed E-state index contributed by atoms with van der Waals surface area (Å²) in [6, 6.07) is 81.4. The molecule has 3 aromatic heterocycles. The standard InChI is InChI=1S/C71H48N8S3.C2H6/c1-42(61-30-15-31-62(75-61)58-39-43-18-3-6-21-49(43)52-24-9-12-27-55(52)58)80-69(74-2)47-36-46(67(72)81-68(73)65-34-16-32-63(76-65)59-40-44-19-4-7-22-50(44)53-25-10-13-28-56(53)59)37-48(38-47)70-78-79-71(82-70)66-35-17-33-64(77-66)60-41-45-20-5-8-23-51(45)54-26-11-14-29-57(54)60;1-2/h3-41,70,72-73,78H,1H2,2H3;1-2H3. The SMILES string of the molecule is C=C(SC(=NC)c1cc(C(=N)SC(=N)c2cccc(-c3cc4ccccc4c4ccccc34)n2)cc(C2NN=C(c3cccc(-c4cc5ccccc5c5ccccc45)n3)S2)c1)c1cccc(-c2cc3ccccc3c3ccccc23)n1.CC. The molecular weight excluding hydrogens is 1090 g/mol. The quantitative estimate of drug-likeness (QED) is 0.0708. The van der Waals surface area contributed by atoms with Gasteiger partial charge < -0.3 is 0 Å². The topological polar surface area (TPSA) is 123 Å². The van der Waals surface area contributed by atoms with Gasteiger partial charge in [0.25, 0.3) is 0 Å². The smallest absolute Gasteiger partial charge is 0.144 e. The number of pyridine rings is 3. The van der Waals surface area contributed by atoms with Gasteiger partial charge in [-0.25, -0.2) is 15.0 Å². The number of benzene rings is 10. The molecule has 4 heterocycles. The van der Waals surface area contributed by atoms with Crippen molar-refractivity contribution in [3.8, 4) is 33.8 Å². The van der Waals surface area contributed by atoms with Crippen LogP contribution in [0.1, 0.15) is 53.0 Å². The summed E-state index contributed by atoms with van der Waals surface area (Å²) in [6.45, 7) is 8.58. The van der Waals surface area contributed by atoms with Crippen LogP contribution in [-0.4, -0.2) is 42.2 Å². The average molecular weight is 1140 g/mol. The van der Waals surface area contributed by atoms with E-state index in [1.54, 1.807) is 18.8 Å². The molecule has 13 aromatic rings. The molecule has 14 rings (SSSR count). The lowest BCUT2D eigenvalue weighted by Crippen LogP contribution is -2.11. The molecule has 10 aromatic carbocycles. The number of thioether (sulfide) groups is 3. The fraction of sp³-hybridized carbons (Fsp3) is 0.0548. The second kappa shape index (κ2) is 23.4. The van der Waals surface area contributed by atoms with Gasteiger partial charge in [0.1, 0.15) is 25.5 Å². The minimum Gasteiger partial charge on any atom is -0.293 e. The first-order valence-electron chi connectivity index (χ1n) is 27.8. The number of rotatable bonds is 10. The molecule has 8 nitrogen and oxygen atoms in total. The predicted molar refractivity (Wildman–Crippen MR) is 362 cm³/mol. The molecule has 1 aliphatic rings. The number of hydrogen-bond donors (Lipinski definition) is 3. The van der Waals surface area contributed by atoms with Crippen molar-refractivity contribution < 1.29 is 0 Å². The maximum absolute atomic E-state index is 9.72. The molecule has 0 amide bonds. The lowest BCUT2D eigenvalue weighted by atomic mass is 9.95. The van der Waals surface area contributed by atoms with Gasteiger partial charge in [-0.05, 0) is 155 Å². The van der Waals surface area contributed by atoms with E-state index in [-0.39, 0.29) is 15.5 Å². The average Bonchev–Trinajstić information content (AvgIpc) is 3.78. The molecule has 404 valence electrons. The summed E-state index contributed by atoms with van der Waals surface area (Å²) in [4.78, 5) is 21.2. The van der Waals surface area contributed by atoms with Gasteiger partial charge in [-0.15, -0.1) is 0 Å². The highest BCUT2D eigenvalue weighted by molar-refractivity contribution is 8.27. The lowest BCUT2D eigenvalue weighted by Gasteiger charge is -2.16. The normalized spacial score (nSPS) is 13.2. The van der Waals surface area contributed by atoms with Crippen LogP contribution in [0.25, 0.3) is 103 Å².